The normalized spacial score (nSPS) is 16.7. The van der Waals surface area contributed by atoms with Crippen molar-refractivity contribution in [1.29, 1.82) is 0 Å². The van der Waals surface area contributed by atoms with E-state index in [1.165, 1.54) is 11.1 Å². The van der Waals surface area contributed by atoms with E-state index in [-0.39, 0.29) is 11.9 Å². The van der Waals surface area contributed by atoms with E-state index in [2.05, 4.69) is 44.4 Å². The summed E-state index contributed by atoms with van der Waals surface area (Å²) < 4.78 is 5.58. The molecule has 0 unspecified atom stereocenters. The summed E-state index contributed by atoms with van der Waals surface area (Å²) in [6.45, 7) is 3.63. The van der Waals surface area contributed by atoms with E-state index in [0.29, 0.717) is 24.7 Å². The molecule has 8 nitrogen and oxygen atoms in total. The number of amides is 1. The van der Waals surface area contributed by atoms with Crippen LogP contribution in [0.5, 0.6) is 0 Å². The van der Waals surface area contributed by atoms with Crippen LogP contribution >= 0.6 is 0 Å². The molecule has 39 heavy (non-hydrogen) atoms. The number of pyridine rings is 1. The van der Waals surface area contributed by atoms with Crippen molar-refractivity contribution in [3.05, 3.63) is 95.3 Å². The molecule has 1 amide bonds. The van der Waals surface area contributed by atoms with Crippen LogP contribution in [0.3, 0.4) is 0 Å². The Morgan fingerprint density at radius 1 is 0.897 bits per heavy atom. The molecule has 196 valence electrons. The van der Waals surface area contributed by atoms with E-state index in [1.54, 1.807) is 0 Å². The molecule has 0 radical (unpaired) electrons. The van der Waals surface area contributed by atoms with Crippen LogP contribution in [0.1, 0.15) is 27.0 Å². The van der Waals surface area contributed by atoms with Gasteiger partial charge in [-0.3, -0.25) is 9.78 Å². The Morgan fingerprint density at radius 2 is 1.67 bits per heavy atom. The molecule has 2 aromatic carbocycles. The molecule has 0 saturated carbocycles. The van der Waals surface area contributed by atoms with Crippen molar-refractivity contribution in [2.24, 2.45) is 0 Å². The molecule has 0 bridgehead atoms. The zero-order valence-electron chi connectivity index (χ0n) is 21.7. The summed E-state index contributed by atoms with van der Waals surface area (Å²) in [6.07, 6.45) is 6.18. The van der Waals surface area contributed by atoms with Crippen molar-refractivity contribution in [2.75, 3.05) is 42.6 Å². The number of ether oxygens (including phenoxy) is 1. The summed E-state index contributed by atoms with van der Waals surface area (Å²) in [5.74, 6) is 1.57. The number of aromatic nitrogens is 3. The number of carbonyl (C=O) groups is 1. The summed E-state index contributed by atoms with van der Waals surface area (Å²) >= 11 is 0. The number of nitrogens with zero attached hydrogens (tertiary/aromatic N) is 5. The number of anilines is 3. The molecule has 2 aliphatic heterocycles. The highest BCUT2D eigenvalue weighted by atomic mass is 16.5. The highest BCUT2D eigenvalue weighted by Crippen LogP contribution is 2.39. The van der Waals surface area contributed by atoms with E-state index >= 15 is 0 Å². The molecule has 3 aliphatic rings. The van der Waals surface area contributed by atoms with Gasteiger partial charge in [0.2, 0.25) is 5.95 Å². The van der Waals surface area contributed by atoms with Crippen LogP contribution in [0.4, 0.5) is 17.5 Å². The minimum atomic E-state index is -0.0489. The highest BCUT2D eigenvalue weighted by Gasteiger charge is 2.29. The third-order valence-corrected chi connectivity index (χ3v) is 7.87. The summed E-state index contributed by atoms with van der Waals surface area (Å²) in [5, 5.41) is 3.26. The molecule has 0 spiro atoms. The van der Waals surface area contributed by atoms with E-state index in [9.17, 15) is 4.79 Å². The molecule has 7 rings (SSSR count). The van der Waals surface area contributed by atoms with E-state index in [4.69, 9.17) is 14.7 Å². The maximum absolute atomic E-state index is 13.3. The first-order chi connectivity index (χ1) is 19.2. The van der Waals surface area contributed by atoms with Gasteiger partial charge in [0.05, 0.1) is 18.9 Å². The fraction of sp³-hybridized carbons (Fsp3) is 0.290. The lowest BCUT2D eigenvalue weighted by molar-refractivity contribution is 0.0938. The Labute approximate surface area is 227 Å². The van der Waals surface area contributed by atoms with Gasteiger partial charge in [-0.05, 0) is 54.7 Å². The number of fused-ring (bicyclic) bond motifs is 2. The zero-order chi connectivity index (χ0) is 26.2. The Hall–Kier alpha value is -4.30. The molecule has 1 aliphatic carbocycles. The molecule has 1 saturated heterocycles. The first-order valence-corrected chi connectivity index (χ1v) is 13.6. The van der Waals surface area contributed by atoms with Crippen molar-refractivity contribution < 1.29 is 9.53 Å². The van der Waals surface area contributed by atoms with Gasteiger partial charge < -0.3 is 19.9 Å². The maximum Gasteiger partial charge on any atom is 0.251 e. The van der Waals surface area contributed by atoms with Gasteiger partial charge >= 0.3 is 0 Å². The van der Waals surface area contributed by atoms with Crippen molar-refractivity contribution in [2.45, 2.75) is 25.3 Å². The number of rotatable bonds is 5. The molecule has 2 aromatic heterocycles. The van der Waals surface area contributed by atoms with Crippen LogP contribution in [0.2, 0.25) is 0 Å². The van der Waals surface area contributed by atoms with Crippen molar-refractivity contribution in [3.8, 4) is 11.3 Å². The number of carbonyl (C=O) groups excluding carboxylic acids is 1. The number of hydrogen-bond acceptors (Lipinski definition) is 7. The Bertz CT molecular complexity index is 1490. The molecular formula is C31H30N6O2. The average molecular weight is 519 g/mol. The second-order valence-corrected chi connectivity index (χ2v) is 10.3. The zero-order valence-corrected chi connectivity index (χ0v) is 21.7. The molecule has 0 atom stereocenters. The third-order valence-electron chi connectivity index (χ3n) is 7.87. The minimum Gasteiger partial charge on any atom is -0.378 e. The van der Waals surface area contributed by atoms with E-state index in [0.717, 1.165) is 67.2 Å². The Balaban J connectivity index is 1.22. The minimum absolute atomic E-state index is 0.0489. The first kappa shape index (κ1) is 23.8. The van der Waals surface area contributed by atoms with Gasteiger partial charge in [-0.2, -0.15) is 4.98 Å². The van der Waals surface area contributed by atoms with Gasteiger partial charge in [0.25, 0.3) is 5.91 Å². The van der Waals surface area contributed by atoms with Crippen LogP contribution in [-0.4, -0.2) is 59.7 Å². The van der Waals surface area contributed by atoms with Crippen LogP contribution < -0.4 is 15.1 Å². The topological polar surface area (TPSA) is 83.5 Å². The largest absolute Gasteiger partial charge is 0.378 e. The van der Waals surface area contributed by atoms with Crippen LogP contribution in [-0.2, 0) is 24.0 Å². The molecule has 1 N–H and O–H groups in total. The number of nitrogens with one attached hydrogen (secondary N) is 1. The fourth-order valence-corrected chi connectivity index (χ4v) is 5.90. The van der Waals surface area contributed by atoms with Crippen LogP contribution in [0.25, 0.3) is 11.3 Å². The predicted octanol–water partition coefficient (Wildman–Crippen LogP) is 3.97. The van der Waals surface area contributed by atoms with Gasteiger partial charge in [-0.1, -0.05) is 36.4 Å². The quantitative estimate of drug-likeness (QED) is 0.428. The lowest BCUT2D eigenvalue weighted by Crippen LogP contribution is -2.37. The van der Waals surface area contributed by atoms with Crippen LogP contribution in [0.15, 0.2) is 73.1 Å². The first-order valence-electron chi connectivity index (χ1n) is 13.6. The number of morpholine rings is 1. The number of benzene rings is 2. The Morgan fingerprint density at radius 3 is 2.44 bits per heavy atom. The fourth-order valence-electron chi connectivity index (χ4n) is 5.90. The monoisotopic (exact) mass is 518 g/mol. The van der Waals surface area contributed by atoms with Crippen molar-refractivity contribution in [1.82, 2.24) is 20.3 Å². The van der Waals surface area contributed by atoms with E-state index < -0.39 is 0 Å². The molecular weight excluding hydrogens is 488 g/mol. The average Bonchev–Trinajstić information content (AvgIpc) is 3.61. The van der Waals surface area contributed by atoms with Gasteiger partial charge in [-0.15, -0.1) is 0 Å². The molecule has 1 fully saturated rings. The third kappa shape index (κ3) is 4.61. The summed E-state index contributed by atoms with van der Waals surface area (Å²) in [4.78, 5) is 32.1. The van der Waals surface area contributed by atoms with Crippen LogP contribution in [0, 0.1) is 0 Å². The predicted molar refractivity (Wildman–Crippen MR) is 151 cm³/mol. The molecule has 4 aromatic rings. The second kappa shape index (κ2) is 10.1. The number of hydrogen-bond donors (Lipinski definition) is 1. The molecule has 8 heteroatoms. The second-order valence-electron chi connectivity index (χ2n) is 10.3. The van der Waals surface area contributed by atoms with Crippen molar-refractivity contribution >= 4 is 23.4 Å². The summed E-state index contributed by atoms with van der Waals surface area (Å²) in [7, 11) is 0. The standard InChI is InChI=1S/C31H30N6O2/c38-30(33-25-19-21-4-1-2-5-22(21)20-25)24-7-3-6-23(18-24)28-27-10-13-37(26-8-11-32-12-9-26)29(27)35-31(34-28)36-14-16-39-17-15-36/h1-9,11-12,18,25H,10,13-17,19-20H2,(H,33,38). The van der Waals surface area contributed by atoms with Gasteiger partial charge in [-0.25, -0.2) is 4.98 Å². The van der Waals surface area contributed by atoms with Gasteiger partial charge in [0.15, 0.2) is 0 Å². The van der Waals surface area contributed by atoms with E-state index in [1.807, 2.05) is 48.8 Å². The van der Waals surface area contributed by atoms with Gasteiger partial charge in [0.1, 0.15) is 5.82 Å². The lowest BCUT2D eigenvalue weighted by Gasteiger charge is -2.28. The maximum atomic E-state index is 13.3. The molecule has 4 heterocycles. The van der Waals surface area contributed by atoms with Crippen molar-refractivity contribution in [3.63, 3.8) is 0 Å². The summed E-state index contributed by atoms with van der Waals surface area (Å²) in [5.41, 5.74) is 7.28. The smallest absolute Gasteiger partial charge is 0.251 e. The van der Waals surface area contributed by atoms with Gasteiger partial charge in [0, 0.05) is 60.4 Å². The Kier molecular flexibility index (Phi) is 6.17. The lowest BCUT2D eigenvalue weighted by atomic mass is 10.0. The summed E-state index contributed by atoms with van der Waals surface area (Å²) in [6, 6.07) is 20.4. The SMILES string of the molecule is O=C(NC1Cc2ccccc2C1)c1cccc(-c2nc(N3CCOCC3)nc3c2CCN3c2ccncc2)c1. The highest BCUT2D eigenvalue weighted by molar-refractivity contribution is 5.96.